The van der Waals surface area contributed by atoms with E-state index in [0.717, 1.165) is 60.6 Å². The minimum atomic E-state index is -0.0162. The highest BCUT2D eigenvalue weighted by molar-refractivity contribution is 6.36. The maximum Gasteiger partial charge on any atom is 0.227 e. The van der Waals surface area contributed by atoms with Gasteiger partial charge in [-0.2, -0.15) is 0 Å². The fourth-order valence-corrected chi connectivity index (χ4v) is 5.79. The average Bonchev–Trinajstić information content (AvgIpc) is 2.75. The van der Waals surface area contributed by atoms with Crippen molar-refractivity contribution in [3.8, 4) is 0 Å². The van der Waals surface area contributed by atoms with Crippen LogP contribution in [0, 0.1) is 17.8 Å². The number of nitrogens with one attached hydrogen (secondary N) is 1. The van der Waals surface area contributed by atoms with Gasteiger partial charge < -0.3 is 5.32 Å². The Hall–Kier alpha value is -1.22. The molecular formula is C27H34Cl3NO. The zero-order valence-electron chi connectivity index (χ0n) is 19.1. The highest BCUT2D eigenvalue weighted by Gasteiger charge is 2.26. The predicted molar refractivity (Wildman–Crippen MR) is 138 cm³/mol. The average molecular weight is 495 g/mol. The van der Waals surface area contributed by atoms with Gasteiger partial charge in [0.2, 0.25) is 5.91 Å². The van der Waals surface area contributed by atoms with E-state index in [4.69, 9.17) is 34.8 Å². The van der Waals surface area contributed by atoms with Gasteiger partial charge in [0, 0.05) is 16.0 Å². The zero-order chi connectivity index (χ0) is 23.1. The number of carbonyl (C=O) groups is 1. The van der Waals surface area contributed by atoms with Crippen LogP contribution in [0.4, 0.5) is 5.69 Å². The van der Waals surface area contributed by atoms with Crippen LogP contribution in [0.2, 0.25) is 15.1 Å². The molecule has 5 heteroatoms. The number of halogens is 3. The number of amides is 1. The van der Waals surface area contributed by atoms with Crippen LogP contribution in [0.3, 0.4) is 0 Å². The molecule has 0 saturated heterocycles. The summed E-state index contributed by atoms with van der Waals surface area (Å²) in [4.78, 5) is 12.8. The lowest BCUT2D eigenvalue weighted by atomic mass is 9.78. The third-order valence-corrected chi connectivity index (χ3v) is 8.04. The van der Waals surface area contributed by atoms with Gasteiger partial charge in [0.25, 0.3) is 0 Å². The molecule has 1 atom stereocenters. The van der Waals surface area contributed by atoms with Gasteiger partial charge in [-0.25, -0.2) is 0 Å². The second-order valence-corrected chi connectivity index (χ2v) is 10.4. The van der Waals surface area contributed by atoms with Crippen LogP contribution in [0.1, 0.15) is 69.9 Å². The number of anilines is 1. The Morgan fingerprint density at radius 2 is 1.62 bits per heavy atom. The van der Waals surface area contributed by atoms with E-state index in [0.29, 0.717) is 22.5 Å². The summed E-state index contributed by atoms with van der Waals surface area (Å²) in [7, 11) is 0. The number of rotatable bonds is 7. The van der Waals surface area contributed by atoms with Gasteiger partial charge >= 0.3 is 0 Å². The molecule has 2 aromatic carbocycles. The maximum atomic E-state index is 12.8. The molecule has 1 amide bonds. The summed E-state index contributed by atoms with van der Waals surface area (Å²) in [6.07, 6.45) is 9.93. The van der Waals surface area contributed by atoms with Crippen molar-refractivity contribution in [3.05, 3.63) is 62.6 Å². The lowest BCUT2D eigenvalue weighted by molar-refractivity contribution is -0.121. The summed E-state index contributed by atoms with van der Waals surface area (Å²) in [5, 5.41) is 5.20. The van der Waals surface area contributed by atoms with Crippen molar-refractivity contribution in [1.29, 1.82) is 0 Å². The van der Waals surface area contributed by atoms with Crippen molar-refractivity contribution in [3.63, 3.8) is 0 Å². The standard InChI is InChI=1S/C27H34Cl3NO/c1-3-19-16-24(29)22(25(30)17-19)15-14-20-8-6-10-21(11-7-9-20)18(2)27(32)31-26-13-5-4-12-23(26)28/h4-5,12-13,16-18,20-21H,3,6-11,14-15H2,1-2H3,(H,31,32). The van der Waals surface area contributed by atoms with Crippen molar-refractivity contribution in [1.82, 2.24) is 0 Å². The summed E-state index contributed by atoms with van der Waals surface area (Å²) in [6, 6.07) is 11.5. The molecule has 1 aliphatic carbocycles. The summed E-state index contributed by atoms with van der Waals surface area (Å²) < 4.78 is 0. The molecule has 1 N–H and O–H groups in total. The molecule has 0 aromatic heterocycles. The molecule has 0 radical (unpaired) electrons. The van der Waals surface area contributed by atoms with E-state index >= 15 is 0 Å². The maximum absolute atomic E-state index is 12.8. The van der Waals surface area contributed by atoms with Crippen molar-refractivity contribution in [2.24, 2.45) is 17.8 Å². The second-order valence-electron chi connectivity index (χ2n) is 9.18. The summed E-state index contributed by atoms with van der Waals surface area (Å²) in [5.74, 6) is 1.17. The third-order valence-electron chi connectivity index (χ3n) is 7.04. The second kappa shape index (κ2) is 12.3. The molecule has 174 valence electrons. The molecule has 0 spiro atoms. The van der Waals surface area contributed by atoms with Gasteiger partial charge in [0.1, 0.15) is 0 Å². The number of carbonyl (C=O) groups excluding carboxylic acids is 1. The molecule has 32 heavy (non-hydrogen) atoms. The largest absolute Gasteiger partial charge is 0.325 e. The van der Waals surface area contributed by atoms with E-state index < -0.39 is 0 Å². The Bertz CT molecular complexity index is 881. The Balaban J connectivity index is 1.49. The Morgan fingerprint density at radius 3 is 2.22 bits per heavy atom. The van der Waals surface area contributed by atoms with E-state index in [2.05, 4.69) is 31.3 Å². The molecule has 0 aliphatic heterocycles. The number of para-hydroxylation sites is 1. The monoisotopic (exact) mass is 493 g/mol. The van der Waals surface area contributed by atoms with E-state index in [9.17, 15) is 4.79 Å². The van der Waals surface area contributed by atoms with Gasteiger partial charge in [-0.3, -0.25) is 4.79 Å². The SMILES string of the molecule is CCc1cc(Cl)c(CCC2CCCC(C(C)C(=O)Nc3ccccc3Cl)CCC2)c(Cl)c1. The highest BCUT2D eigenvalue weighted by atomic mass is 35.5. The number of hydrogen-bond acceptors (Lipinski definition) is 1. The molecule has 0 bridgehead atoms. The zero-order valence-corrected chi connectivity index (χ0v) is 21.4. The van der Waals surface area contributed by atoms with Crippen molar-refractivity contribution in [2.75, 3.05) is 5.32 Å². The number of aryl methyl sites for hydroxylation is 1. The molecule has 0 heterocycles. The predicted octanol–water partition coefficient (Wildman–Crippen LogP) is 9.00. The van der Waals surface area contributed by atoms with Crippen molar-refractivity contribution < 1.29 is 4.79 Å². The Labute approximate surface area is 208 Å². The molecule has 2 aromatic rings. The first-order valence-electron chi connectivity index (χ1n) is 11.9. The Kier molecular flexibility index (Phi) is 9.77. The van der Waals surface area contributed by atoms with E-state index in [1.165, 1.54) is 18.4 Å². The van der Waals surface area contributed by atoms with Crippen LogP contribution >= 0.6 is 34.8 Å². The third kappa shape index (κ3) is 6.89. The van der Waals surface area contributed by atoms with Gasteiger partial charge in [0.15, 0.2) is 0 Å². The number of hydrogen-bond donors (Lipinski definition) is 1. The molecule has 1 saturated carbocycles. The quantitative estimate of drug-likeness (QED) is 0.408. The molecular weight excluding hydrogens is 461 g/mol. The van der Waals surface area contributed by atoms with Gasteiger partial charge in [-0.15, -0.1) is 0 Å². The highest BCUT2D eigenvalue weighted by Crippen LogP contribution is 2.35. The molecule has 1 unspecified atom stereocenters. The summed E-state index contributed by atoms with van der Waals surface area (Å²) in [6.45, 7) is 4.17. The van der Waals surface area contributed by atoms with Crippen LogP contribution in [-0.4, -0.2) is 5.91 Å². The van der Waals surface area contributed by atoms with E-state index in [1.54, 1.807) is 6.07 Å². The van der Waals surface area contributed by atoms with Crippen LogP contribution < -0.4 is 5.32 Å². The first-order chi connectivity index (χ1) is 15.4. The molecule has 1 aliphatic rings. The van der Waals surface area contributed by atoms with E-state index in [1.807, 2.05) is 18.2 Å². The normalized spacial score (nSPS) is 20.3. The van der Waals surface area contributed by atoms with E-state index in [-0.39, 0.29) is 11.8 Å². The summed E-state index contributed by atoms with van der Waals surface area (Å²) >= 11 is 19.2. The lowest BCUT2D eigenvalue weighted by Gasteiger charge is -2.28. The van der Waals surface area contributed by atoms with Crippen LogP contribution in [0.5, 0.6) is 0 Å². The van der Waals surface area contributed by atoms with Crippen LogP contribution in [-0.2, 0) is 17.6 Å². The fraction of sp³-hybridized carbons (Fsp3) is 0.519. The number of benzene rings is 2. The van der Waals surface area contributed by atoms with Gasteiger partial charge in [-0.1, -0.05) is 86.5 Å². The smallest absolute Gasteiger partial charge is 0.227 e. The van der Waals surface area contributed by atoms with Crippen LogP contribution in [0.15, 0.2) is 36.4 Å². The Morgan fingerprint density at radius 1 is 1.00 bits per heavy atom. The topological polar surface area (TPSA) is 29.1 Å². The van der Waals surface area contributed by atoms with Gasteiger partial charge in [-0.05, 0) is 79.3 Å². The molecule has 3 rings (SSSR count). The fourth-order valence-electron chi connectivity index (χ4n) is 4.88. The minimum Gasteiger partial charge on any atom is -0.325 e. The first-order valence-corrected chi connectivity index (χ1v) is 13.0. The lowest BCUT2D eigenvalue weighted by Crippen LogP contribution is -2.28. The minimum absolute atomic E-state index is 0.0162. The molecule has 1 fully saturated rings. The summed E-state index contributed by atoms with van der Waals surface area (Å²) in [5.41, 5.74) is 2.98. The van der Waals surface area contributed by atoms with Crippen molar-refractivity contribution in [2.45, 2.75) is 71.6 Å². The van der Waals surface area contributed by atoms with Crippen molar-refractivity contribution >= 4 is 46.4 Å². The van der Waals surface area contributed by atoms with Gasteiger partial charge in [0.05, 0.1) is 10.7 Å². The molecule has 2 nitrogen and oxygen atoms in total. The first kappa shape index (κ1) is 25.4. The van der Waals surface area contributed by atoms with Crippen LogP contribution in [0.25, 0.3) is 0 Å².